The molecule has 0 aliphatic heterocycles. The molecule has 6 nitrogen and oxygen atoms in total. The summed E-state index contributed by atoms with van der Waals surface area (Å²) in [6.07, 6.45) is 3.82. The third-order valence-corrected chi connectivity index (χ3v) is 10.5. The minimum atomic E-state index is 0. The van der Waals surface area contributed by atoms with E-state index in [9.17, 15) is 0 Å². The Morgan fingerprint density at radius 1 is 0.491 bits per heavy atom. The first-order chi connectivity index (χ1) is 25.8. The molecule has 0 unspecified atom stereocenters. The van der Waals surface area contributed by atoms with Crippen LogP contribution in [0.3, 0.4) is 0 Å². The minimum absolute atomic E-state index is 0. The number of aromatic nitrogens is 5. The molecule has 0 radical (unpaired) electrons. The number of rotatable bonds is 3. The van der Waals surface area contributed by atoms with Crippen molar-refractivity contribution in [3.05, 3.63) is 164 Å². The number of imidazole rings is 2. The number of para-hydroxylation sites is 5. The van der Waals surface area contributed by atoms with Crippen LogP contribution in [0.25, 0.3) is 93.2 Å². The van der Waals surface area contributed by atoms with E-state index in [1.165, 1.54) is 16.3 Å². The fourth-order valence-electron chi connectivity index (χ4n) is 8.28. The van der Waals surface area contributed by atoms with Crippen molar-refractivity contribution in [3.8, 4) is 17.2 Å². The van der Waals surface area contributed by atoms with Crippen LogP contribution in [0.2, 0.25) is 0 Å². The van der Waals surface area contributed by atoms with Gasteiger partial charge >= 0.3 is 20.4 Å². The average Bonchev–Trinajstić information content (AvgIpc) is 3.93. The zero-order chi connectivity index (χ0) is 33.9. The van der Waals surface area contributed by atoms with Crippen LogP contribution in [0.5, 0.6) is 11.5 Å². The molecule has 53 heavy (non-hydrogen) atoms. The maximum absolute atomic E-state index is 6.56. The van der Waals surface area contributed by atoms with Gasteiger partial charge in [0.1, 0.15) is 0 Å². The summed E-state index contributed by atoms with van der Waals surface area (Å²) >= 11 is 0. The van der Waals surface area contributed by atoms with Crippen LogP contribution in [0.4, 0.5) is 0 Å². The van der Waals surface area contributed by atoms with Gasteiger partial charge in [-0.15, -0.1) is 12.1 Å². The van der Waals surface area contributed by atoms with Crippen molar-refractivity contribution in [1.82, 2.24) is 23.3 Å². The Morgan fingerprint density at radius 3 is 1.89 bits per heavy atom. The van der Waals surface area contributed by atoms with Gasteiger partial charge < -0.3 is 18.1 Å². The summed E-state index contributed by atoms with van der Waals surface area (Å²) in [7, 11) is 0. The zero-order valence-corrected chi connectivity index (χ0v) is 29.4. The second-order valence-corrected chi connectivity index (χ2v) is 13.3. The molecule has 0 fully saturated rings. The smallest absolute Gasteiger partial charge is 0.497 e. The molecule has 12 rings (SSSR count). The van der Waals surface area contributed by atoms with Gasteiger partial charge in [-0.1, -0.05) is 113 Å². The molecule has 0 atom stereocenters. The molecule has 7 aromatic carbocycles. The third-order valence-electron chi connectivity index (χ3n) is 10.5. The van der Waals surface area contributed by atoms with E-state index in [2.05, 4.69) is 152 Å². The fraction of sp³-hybridized carbons (Fsp3) is 0. The van der Waals surface area contributed by atoms with Gasteiger partial charge in [-0.25, -0.2) is 0 Å². The van der Waals surface area contributed by atoms with Crippen LogP contribution in [0.15, 0.2) is 152 Å². The minimum Gasteiger partial charge on any atom is -0.497 e. The third kappa shape index (κ3) is 4.24. The van der Waals surface area contributed by atoms with Gasteiger partial charge in [0, 0.05) is 51.4 Å². The quantitative estimate of drug-likeness (QED) is 0.102. The van der Waals surface area contributed by atoms with Crippen LogP contribution >= 0.6 is 0 Å². The number of hydrogen-bond acceptors (Lipinski definition) is 3. The summed E-state index contributed by atoms with van der Waals surface area (Å²) in [5, 5.41) is 8.61. The molecule has 0 amide bonds. The van der Waals surface area contributed by atoms with Crippen LogP contribution in [-0.4, -0.2) is 23.3 Å². The second kappa shape index (κ2) is 11.2. The number of benzene rings is 7. The maximum atomic E-state index is 6.56. The zero-order valence-electron chi connectivity index (χ0n) is 27.9. The largest absolute Gasteiger partial charge is 2.00 e. The summed E-state index contributed by atoms with van der Waals surface area (Å²) in [6.45, 7) is 0. The predicted molar refractivity (Wildman–Crippen MR) is 210 cm³/mol. The van der Waals surface area contributed by atoms with E-state index < -0.39 is 0 Å². The average molecular weight is 770 g/mol. The molecule has 5 heterocycles. The Balaban J connectivity index is 0.00000331. The van der Waals surface area contributed by atoms with Crippen molar-refractivity contribution in [1.29, 1.82) is 0 Å². The van der Waals surface area contributed by atoms with Gasteiger partial charge in [-0.2, -0.15) is 0 Å². The number of pyridine rings is 2. The first kappa shape index (κ1) is 30.1. The number of ether oxygens (including phenoxy) is 1. The first-order valence-corrected chi connectivity index (χ1v) is 17.3. The molecular formula is C46H25N5OPd. The van der Waals surface area contributed by atoms with Crippen LogP contribution in [0, 0.1) is 12.1 Å². The topological polar surface area (TPSA) is 48.8 Å². The van der Waals surface area contributed by atoms with E-state index in [1.807, 2.05) is 30.6 Å². The molecule has 0 saturated heterocycles. The Morgan fingerprint density at radius 2 is 1.09 bits per heavy atom. The molecule has 0 saturated carbocycles. The Kier molecular flexibility index (Phi) is 6.39. The van der Waals surface area contributed by atoms with E-state index in [-0.39, 0.29) is 20.4 Å². The van der Waals surface area contributed by atoms with Crippen molar-refractivity contribution in [2.75, 3.05) is 0 Å². The van der Waals surface area contributed by atoms with Crippen LogP contribution in [0.1, 0.15) is 0 Å². The monoisotopic (exact) mass is 769 g/mol. The summed E-state index contributed by atoms with van der Waals surface area (Å²) in [4.78, 5) is 9.87. The van der Waals surface area contributed by atoms with E-state index in [4.69, 9.17) is 9.72 Å². The Hall–Kier alpha value is -6.52. The summed E-state index contributed by atoms with van der Waals surface area (Å²) < 4.78 is 13.3. The van der Waals surface area contributed by atoms with E-state index in [0.29, 0.717) is 11.5 Å². The molecule has 0 bridgehead atoms. The molecule has 12 aromatic rings. The molecular weight excluding hydrogens is 745 g/mol. The van der Waals surface area contributed by atoms with Gasteiger partial charge in [0.05, 0.1) is 33.4 Å². The normalized spacial score (nSPS) is 12.0. The molecule has 0 aliphatic carbocycles. The van der Waals surface area contributed by atoms with Crippen molar-refractivity contribution >= 4 is 87.5 Å². The van der Waals surface area contributed by atoms with Crippen molar-refractivity contribution in [3.63, 3.8) is 0 Å². The second-order valence-electron chi connectivity index (χ2n) is 13.3. The van der Waals surface area contributed by atoms with Crippen LogP contribution in [-0.2, 0) is 20.4 Å². The molecule has 250 valence electrons. The SMILES string of the molecule is [Pd+2].[c-]1c(Oc2[c-]c3c(cc2)c2cc4c(cc2n2c5ccccc5nc32)c2ccccc2n4-c2ccccc2)ccc2c1c1nccn1c1ccccc21. The van der Waals surface area contributed by atoms with E-state index in [1.54, 1.807) is 0 Å². The van der Waals surface area contributed by atoms with Gasteiger partial charge in [0.2, 0.25) is 0 Å². The molecule has 0 aliphatic rings. The molecule has 0 spiro atoms. The molecule has 0 N–H and O–H groups in total. The maximum Gasteiger partial charge on any atom is 2.00 e. The Labute approximate surface area is 315 Å². The first-order valence-electron chi connectivity index (χ1n) is 17.3. The van der Waals surface area contributed by atoms with Gasteiger partial charge in [0.15, 0.2) is 0 Å². The summed E-state index contributed by atoms with van der Waals surface area (Å²) in [6, 6.07) is 56.0. The number of hydrogen-bond donors (Lipinski definition) is 0. The van der Waals surface area contributed by atoms with Gasteiger partial charge in [0.25, 0.3) is 0 Å². The summed E-state index contributed by atoms with van der Waals surface area (Å²) in [5.74, 6) is 1.19. The van der Waals surface area contributed by atoms with E-state index in [0.717, 1.165) is 76.9 Å². The van der Waals surface area contributed by atoms with Crippen molar-refractivity contribution < 1.29 is 25.2 Å². The van der Waals surface area contributed by atoms with Gasteiger partial charge in [-0.05, 0) is 59.3 Å². The number of fused-ring (bicyclic) bond motifs is 17. The fourth-order valence-corrected chi connectivity index (χ4v) is 8.28. The number of nitrogens with zero attached hydrogens (tertiary/aromatic N) is 5. The van der Waals surface area contributed by atoms with E-state index >= 15 is 0 Å². The Bertz CT molecular complexity index is 3450. The molecule has 7 heteroatoms. The van der Waals surface area contributed by atoms with Crippen molar-refractivity contribution in [2.45, 2.75) is 0 Å². The van der Waals surface area contributed by atoms with Gasteiger partial charge in [-0.3, -0.25) is 9.97 Å². The van der Waals surface area contributed by atoms with Crippen molar-refractivity contribution in [2.24, 2.45) is 0 Å². The predicted octanol–water partition coefficient (Wildman–Crippen LogP) is 11.2. The standard InChI is InChI=1S/C46H25N5O.Pd/c1-2-10-28(11-3-1)50-41-16-8-5-13-34(41)36-27-44-35(26-43(36)50)32-21-19-30(25-38(32)46-48-39-14-6-9-17-42(39)51(44)46)52-29-18-20-31-33-12-4-7-15-40(33)49-23-22-47-45(49)37(31)24-29;/h1-23,26-27H;/q-2;+2. The summed E-state index contributed by atoms with van der Waals surface area (Å²) in [5.41, 5.74) is 9.32. The van der Waals surface area contributed by atoms with Crippen LogP contribution < -0.4 is 4.74 Å². The molecule has 5 aromatic heterocycles.